The number of aliphatic hydroxyl groups excluding tert-OH is 1. The van der Waals surface area contributed by atoms with Crippen molar-refractivity contribution in [2.75, 3.05) is 0 Å². The molecule has 1 unspecified atom stereocenters. The summed E-state index contributed by atoms with van der Waals surface area (Å²) in [4.78, 5) is 0. The molecule has 0 spiro atoms. The predicted molar refractivity (Wildman–Crippen MR) is 69.6 cm³/mol. The maximum absolute atomic E-state index is 13.7. The Hall–Kier alpha value is -0.970. The summed E-state index contributed by atoms with van der Waals surface area (Å²) in [5, 5.41) is 10.5. The van der Waals surface area contributed by atoms with Gasteiger partial charge in [-0.2, -0.15) is 0 Å². The monoisotopic (exact) mass is 332 g/mol. The van der Waals surface area contributed by atoms with Crippen molar-refractivity contribution in [2.24, 2.45) is 0 Å². The second kappa shape index (κ2) is 5.34. The highest BCUT2D eigenvalue weighted by atomic mass is 79.9. The number of hydrogen-bond acceptors (Lipinski definition) is 1. The SMILES string of the molecule is OC(c1cccc(Cl)c1)c1cc(F)c(Br)cc1F. The quantitative estimate of drug-likeness (QED) is 0.804. The molecule has 0 fully saturated rings. The molecular formula is C13H8BrClF2O. The molecule has 2 rings (SSSR count). The summed E-state index contributed by atoms with van der Waals surface area (Å²) < 4.78 is 27.1. The van der Waals surface area contributed by atoms with Gasteiger partial charge in [0.05, 0.1) is 4.47 Å². The van der Waals surface area contributed by atoms with Crippen LogP contribution in [0, 0.1) is 11.6 Å². The van der Waals surface area contributed by atoms with E-state index in [4.69, 9.17) is 11.6 Å². The van der Waals surface area contributed by atoms with Gasteiger partial charge in [0.15, 0.2) is 0 Å². The molecule has 1 atom stereocenters. The van der Waals surface area contributed by atoms with Crippen LogP contribution in [0.5, 0.6) is 0 Å². The number of rotatable bonds is 2. The zero-order valence-electron chi connectivity index (χ0n) is 9.00. The minimum absolute atomic E-state index is 0.0158. The van der Waals surface area contributed by atoms with E-state index < -0.39 is 17.7 Å². The van der Waals surface area contributed by atoms with Crippen molar-refractivity contribution in [2.45, 2.75) is 6.10 Å². The Kier molecular flexibility index (Phi) is 4.00. The normalized spacial score (nSPS) is 12.5. The minimum atomic E-state index is -1.26. The molecule has 0 aliphatic carbocycles. The minimum Gasteiger partial charge on any atom is -0.384 e. The van der Waals surface area contributed by atoms with Crippen LogP contribution in [-0.2, 0) is 0 Å². The Balaban J connectivity index is 2.46. The van der Waals surface area contributed by atoms with Gasteiger partial charge in [0.25, 0.3) is 0 Å². The van der Waals surface area contributed by atoms with Gasteiger partial charge in [-0.1, -0.05) is 23.7 Å². The van der Waals surface area contributed by atoms with E-state index in [1.165, 1.54) is 6.07 Å². The molecule has 0 aliphatic heterocycles. The summed E-state index contributed by atoms with van der Waals surface area (Å²) in [5.74, 6) is -1.32. The fourth-order valence-electron chi connectivity index (χ4n) is 1.60. The molecule has 2 aromatic carbocycles. The van der Waals surface area contributed by atoms with Crippen LogP contribution in [0.15, 0.2) is 40.9 Å². The van der Waals surface area contributed by atoms with Gasteiger partial charge in [-0.25, -0.2) is 8.78 Å². The fraction of sp³-hybridized carbons (Fsp3) is 0.0769. The number of halogens is 4. The van der Waals surface area contributed by atoms with Crippen LogP contribution >= 0.6 is 27.5 Å². The Bertz CT molecular complexity index is 589. The number of aliphatic hydroxyl groups is 1. The largest absolute Gasteiger partial charge is 0.384 e. The number of benzene rings is 2. The maximum Gasteiger partial charge on any atom is 0.137 e. The lowest BCUT2D eigenvalue weighted by molar-refractivity contribution is 0.214. The molecule has 0 bridgehead atoms. The van der Waals surface area contributed by atoms with Crippen molar-refractivity contribution in [3.8, 4) is 0 Å². The van der Waals surface area contributed by atoms with Gasteiger partial charge in [-0.15, -0.1) is 0 Å². The van der Waals surface area contributed by atoms with Crippen LogP contribution in [-0.4, -0.2) is 5.11 Å². The van der Waals surface area contributed by atoms with E-state index in [0.717, 1.165) is 12.1 Å². The second-order valence-corrected chi connectivity index (χ2v) is 5.04. The van der Waals surface area contributed by atoms with Gasteiger partial charge >= 0.3 is 0 Å². The Morgan fingerprint density at radius 3 is 2.50 bits per heavy atom. The van der Waals surface area contributed by atoms with E-state index in [9.17, 15) is 13.9 Å². The molecular weight excluding hydrogens is 325 g/mol. The molecule has 0 saturated heterocycles. The van der Waals surface area contributed by atoms with Crippen LogP contribution in [0.3, 0.4) is 0 Å². The van der Waals surface area contributed by atoms with Crippen LogP contribution < -0.4 is 0 Å². The van der Waals surface area contributed by atoms with Gasteiger partial charge in [-0.05, 0) is 45.8 Å². The Labute approximate surface area is 116 Å². The lowest BCUT2D eigenvalue weighted by Gasteiger charge is -2.13. The van der Waals surface area contributed by atoms with Crippen LogP contribution in [0.25, 0.3) is 0 Å². The van der Waals surface area contributed by atoms with Crippen LogP contribution in [0.1, 0.15) is 17.2 Å². The molecule has 94 valence electrons. The van der Waals surface area contributed by atoms with E-state index in [1.54, 1.807) is 18.2 Å². The molecule has 18 heavy (non-hydrogen) atoms. The van der Waals surface area contributed by atoms with Gasteiger partial charge in [0, 0.05) is 10.6 Å². The first-order valence-electron chi connectivity index (χ1n) is 5.07. The summed E-state index contributed by atoms with van der Waals surface area (Å²) in [7, 11) is 0. The standard InChI is InChI=1S/C13H8BrClF2O/c14-10-6-11(16)9(5-12(10)17)13(18)7-2-1-3-8(15)4-7/h1-6,13,18H. The lowest BCUT2D eigenvalue weighted by atomic mass is 10.0. The van der Waals surface area contributed by atoms with Crippen molar-refractivity contribution < 1.29 is 13.9 Å². The zero-order chi connectivity index (χ0) is 13.3. The zero-order valence-corrected chi connectivity index (χ0v) is 11.3. The Morgan fingerprint density at radius 2 is 1.83 bits per heavy atom. The molecule has 1 N–H and O–H groups in total. The summed E-state index contributed by atoms with van der Waals surface area (Å²) in [5.41, 5.74) is 0.279. The summed E-state index contributed by atoms with van der Waals surface area (Å²) in [6, 6.07) is 8.31. The average Bonchev–Trinajstić information content (AvgIpc) is 2.33. The van der Waals surface area contributed by atoms with Crippen molar-refractivity contribution in [1.82, 2.24) is 0 Å². The van der Waals surface area contributed by atoms with E-state index >= 15 is 0 Å². The highest BCUT2D eigenvalue weighted by Crippen LogP contribution is 2.29. The highest BCUT2D eigenvalue weighted by Gasteiger charge is 2.17. The Morgan fingerprint density at radius 1 is 1.11 bits per heavy atom. The first-order valence-corrected chi connectivity index (χ1v) is 6.24. The van der Waals surface area contributed by atoms with Gasteiger partial charge in [0.1, 0.15) is 17.7 Å². The molecule has 1 nitrogen and oxygen atoms in total. The third kappa shape index (κ3) is 2.71. The molecule has 0 heterocycles. The smallest absolute Gasteiger partial charge is 0.137 e. The molecule has 0 aliphatic rings. The molecule has 0 saturated carbocycles. The van der Waals surface area contributed by atoms with E-state index in [0.29, 0.717) is 10.6 Å². The van der Waals surface area contributed by atoms with Crippen molar-refractivity contribution >= 4 is 27.5 Å². The van der Waals surface area contributed by atoms with Crippen molar-refractivity contribution in [3.63, 3.8) is 0 Å². The van der Waals surface area contributed by atoms with E-state index in [2.05, 4.69) is 15.9 Å². The summed E-state index contributed by atoms with van der Waals surface area (Å²) in [6.07, 6.45) is -1.26. The third-order valence-electron chi connectivity index (χ3n) is 2.50. The highest BCUT2D eigenvalue weighted by molar-refractivity contribution is 9.10. The predicted octanol–water partition coefficient (Wildman–Crippen LogP) is 4.46. The fourth-order valence-corrected chi connectivity index (χ4v) is 2.12. The topological polar surface area (TPSA) is 20.2 Å². The van der Waals surface area contributed by atoms with Crippen LogP contribution in [0.2, 0.25) is 5.02 Å². The van der Waals surface area contributed by atoms with E-state index in [-0.39, 0.29) is 10.0 Å². The maximum atomic E-state index is 13.7. The van der Waals surface area contributed by atoms with Crippen molar-refractivity contribution in [1.29, 1.82) is 0 Å². The molecule has 0 radical (unpaired) electrons. The van der Waals surface area contributed by atoms with Crippen molar-refractivity contribution in [3.05, 3.63) is 68.7 Å². The first kappa shape index (κ1) is 13.5. The molecule has 5 heteroatoms. The summed E-state index contributed by atoms with van der Waals surface area (Å²) >= 11 is 8.67. The number of hydrogen-bond donors (Lipinski definition) is 1. The lowest BCUT2D eigenvalue weighted by Crippen LogP contribution is -2.03. The average molecular weight is 334 g/mol. The van der Waals surface area contributed by atoms with Gasteiger partial charge < -0.3 is 5.11 Å². The molecule has 0 aromatic heterocycles. The third-order valence-corrected chi connectivity index (χ3v) is 3.34. The molecule has 2 aromatic rings. The van der Waals surface area contributed by atoms with E-state index in [1.807, 2.05) is 0 Å². The second-order valence-electron chi connectivity index (χ2n) is 3.75. The van der Waals surface area contributed by atoms with Gasteiger partial charge in [-0.3, -0.25) is 0 Å². The molecule has 0 amide bonds. The first-order chi connectivity index (χ1) is 8.49. The van der Waals surface area contributed by atoms with Gasteiger partial charge in [0.2, 0.25) is 0 Å². The van der Waals surface area contributed by atoms with Crippen LogP contribution in [0.4, 0.5) is 8.78 Å². The summed E-state index contributed by atoms with van der Waals surface area (Å²) in [6.45, 7) is 0.